The van der Waals surface area contributed by atoms with Gasteiger partial charge in [0.15, 0.2) is 0 Å². The summed E-state index contributed by atoms with van der Waals surface area (Å²) in [5, 5.41) is 0. The van der Waals surface area contributed by atoms with Gasteiger partial charge >= 0.3 is 0 Å². The van der Waals surface area contributed by atoms with E-state index < -0.39 is 0 Å². The smallest absolute Gasteiger partial charge is 0.114 e. The van der Waals surface area contributed by atoms with Crippen LogP contribution in [-0.2, 0) is 20.1 Å². The second kappa shape index (κ2) is 13.9. The van der Waals surface area contributed by atoms with Crippen LogP contribution in [0.5, 0.6) is 0 Å². The third-order valence-corrected chi connectivity index (χ3v) is 7.41. The summed E-state index contributed by atoms with van der Waals surface area (Å²) >= 11 is 0. The molecule has 0 saturated carbocycles. The van der Waals surface area contributed by atoms with E-state index in [1.165, 1.54) is 16.8 Å². The van der Waals surface area contributed by atoms with Crippen LogP contribution in [0.4, 0.5) is 0 Å². The standard InChI is InChI=1S/C27H25N4.C11H8N.Ir/c1-17(2)20-12-8-13-21(18(3)4)25(20)31-26-23(16-29-22-14-9-15-28-24(22)26)30-27(31)19-10-6-5-7-11-19;1-2-6-10(7-3-1)11-8-4-5-9-12-11;/h5-10,12-18H,1-4H3;1-6,8-9H;/q2*-1;. The van der Waals surface area contributed by atoms with Crippen LogP contribution in [0.15, 0.2) is 116 Å². The first-order chi connectivity index (χ1) is 21.0. The van der Waals surface area contributed by atoms with Gasteiger partial charge in [-0.2, -0.15) is 0 Å². The minimum atomic E-state index is 0. The number of imidazole rings is 1. The Hall–Kier alpha value is -4.51. The Bertz CT molecular complexity index is 1900. The van der Waals surface area contributed by atoms with Crippen LogP contribution < -0.4 is 0 Å². The van der Waals surface area contributed by atoms with E-state index in [2.05, 4.69) is 78.6 Å². The number of benzene rings is 3. The van der Waals surface area contributed by atoms with Gasteiger partial charge in [0.05, 0.1) is 28.6 Å². The number of pyridine rings is 3. The molecule has 44 heavy (non-hydrogen) atoms. The molecule has 6 heteroatoms. The summed E-state index contributed by atoms with van der Waals surface area (Å²) in [7, 11) is 0. The summed E-state index contributed by atoms with van der Waals surface area (Å²) in [6.07, 6.45) is 5.47. The SMILES string of the molecule is CC(C)c1cccc(C(C)C)c1-n1c(-c2[c-]cccc2)nc2cnc3cccnc3c21.[Ir].[c-]1ccccc1-c1ccccn1. The molecule has 0 bridgehead atoms. The van der Waals surface area contributed by atoms with E-state index in [4.69, 9.17) is 9.97 Å². The van der Waals surface area contributed by atoms with Gasteiger partial charge in [-0.3, -0.25) is 15.0 Å². The minimum Gasteiger partial charge on any atom is -0.331 e. The molecule has 7 rings (SSSR count). The topological polar surface area (TPSA) is 56.5 Å². The molecule has 4 aromatic heterocycles. The number of para-hydroxylation sites is 1. The van der Waals surface area contributed by atoms with Crippen molar-refractivity contribution >= 4 is 22.1 Å². The van der Waals surface area contributed by atoms with Gasteiger partial charge in [-0.25, -0.2) is 0 Å². The number of rotatable bonds is 5. The molecule has 0 saturated heterocycles. The van der Waals surface area contributed by atoms with Crippen molar-refractivity contribution in [2.45, 2.75) is 39.5 Å². The predicted molar refractivity (Wildman–Crippen MR) is 175 cm³/mol. The molecule has 0 atom stereocenters. The summed E-state index contributed by atoms with van der Waals surface area (Å²) in [4.78, 5) is 18.6. The van der Waals surface area contributed by atoms with Gasteiger partial charge < -0.3 is 9.55 Å². The molecule has 0 aliphatic carbocycles. The van der Waals surface area contributed by atoms with Crippen molar-refractivity contribution in [1.82, 2.24) is 24.5 Å². The Morgan fingerprint density at radius 2 is 1.27 bits per heavy atom. The van der Waals surface area contributed by atoms with Crippen LogP contribution in [-0.4, -0.2) is 24.5 Å². The van der Waals surface area contributed by atoms with E-state index >= 15 is 0 Å². The molecule has 221 valence electrons. The van der Waals surface area contributed by atoms with Crippen LogP contribution in [0.2, 0.25) is 0 Å². The van der Waals surface area contributed by atoms with Crippen LogP contribution in [0.25, 0.3) is 50.4 Å². The zero-order chi connectivity index (χ0) is 29.8. The van der Waals surface area contributed by atoms with E-state index in [1.54, 1.807) is 6.20 Å². The maximum absolute atomic E-state index is 5.04. The van der Waals surface area contributed by atoms with E-state index in [0.29, 0.717) is 11.8 Å². The molecule has 5 nitrogen and oxygen atoms in total. The fourth-order valence-corrected chi connectivity index (χ4v) is 5.34. The van der Waals surface area contributed by atoms with Gasteiger partial charge in [0.2, 0.25) is 0 Å². The van der Waals surface area contributed by atoms with Crippen LogP contribution >= 0.6 is 0 Å². The molecule has 3 aromatic carbocycles. The molecule has 1 radical (unpaired) electrons. The Balaban J connectivity index is 0.000000248. The van der Waals surface area contributed by atoms with Crippen molar-refractivity contribution in [2.24, 2.45) is 0 Å². The number of hydrogen-bond donors (Lipinski definition) is 0. The molecule has 0 aliphatic heterocycles. The van der Waals surface area contributed by atoms with Gasteiger partial charge in [0, 0.05) is 38.2 Å². The van der Waals surface area contributed by atoms with Crippen LogP contribution in [0, 0.1) is 12.1 Å². The normalized spacial score (nSPS) is 11.0. The van der Waals surface area contributed by atoms with Crippen molar-refractivity contribution in [3.8, 4) is 28.3 Å². The quantitative estimate of drug-likeness (QED) is 0.165. The van der Waals surface area contributed by atoms with Crippen molar-refractivity contribution in [2.75, 3.05) is 0 Å². The molecule has 7 aromatic rings. The first-order valence-electron chi connectivity index (χ1n) is 14.6. The average molecular weight is 752 g/mol. The molecular formula is C38H33IrN5-2. The summed E-state index contributed by atoms with van der Waals surface area (Å²) in [6.45, 7) is 8.98. The third kappa shape index (κ3) is 6.23. The summed E-state index contributed by atoms with van der Waals surface area (Å²) in [6, 6.07) is 38.8. The maximum Gasteiger partial charge on any atom is 0.114 e. The number of fused-ring (bicyclic) bond motifs is 3. The third-order valence-electron chi connectivity index (χ3n) is 7.41. The van der Waals surface area contributed by atoms with E-state index in [0.717, 1.165) is 44.7 Å². The monoisotopic (exact) mass is 752 g/mol. The van der Waals surface area contributed by atoms with Crippen molar-refractivity contribution < 1.29 is 20.1 Å². The van der Waals surface area contributed by atoms with Crippen molar-refractivity contribution in [1.29, 1.82) is 0 Å². The Morgan fingerprint density at radius 1 is 0.614 bits per heavy atom. The van der Waals surface area contributed by atoms with Gasteiger partial charge in [0.1, 0.15) is 5.52 Å². The minimum absolute atomic E-state index is 0. The van der Waals surface area contributed by atoms with Gasteiger partial charge in [-0.1, -0.05) is 58.0 Å². The van der Waals surface area contributed by atoms with Crippen molar-refractivity contribution in [3.05, 3.63) is 139 Å². The summed E-state index contributed by atoms with van der Waals surface area (Å²) in [5.41, 5.74) is 10.3. The number of nitrogens with zero attached hydrogens (tertiary/aromatic N) is 5. The molecule has 4 heterocycles. The van der Waals surface area contributed by atoms with Crippen LogP contribution in [0.1, 0.15) is 50.7 Å². The molecule has 0 amide bonds. The first kappa shape index (κ1) is 30.9. The molecule has 0 N–H and O–H groups in total. The van der Waals surface area contributed by atoms with Gasteiger partial charge in [-0.15, -0.1) is 71.8 Å². The molecule has 0 fully saturated rings. The fraction of sp³-hybridized carbons (Fsp3) is 0.158. The Morgan fingerprint density at radius 3 is 1.89 bits per heavy atom. The Labute approximate surface area is 272 Å². The second-order valence-electron chi connectivity index (χ2n) is 11.0. The molecule has 0 unspecified atom stereocenters. The zero-order valence-corrected chi connectivity index (χ0v) is 27.6. The maximum atomic E-state index is 5.04. The van der Waals surface area contributed by atoms with E-state index in [-0.39, 0.29) is 20.1 Å². The van der Waals surface area contributed by atoms with Gasteiger partial charge in [0.25, 0.3) is 0 Å². The number of hydrogen-bond acceptors (Lipinski definition) is 4. The largest absolute Gasteiger partial charge is 0.331 e. The predicted octanol–water partition coefficient (Wildman–Crippen LogP) is 9.23. The van der Waals surface area contributed by atoms with E-state index in [9.17, 15) is 0 Å². The van der Waals surface area contributed by atoms with Crippen LogP contribution in [0.3, 0.4) is 0 Å². The molecule has 0 aliphatic rings. The van der Waals surface area contributed by atoms with Crippen molar-refractivity contribution in [3.63, 3.8) is 0 Å². The zero-order valence-electron chi connectivity index (χ0n) is 25.2. The number of aromatic nitrogens is 5. The van der Waals surface area contributed by atoms with Gasteiger partial charge in [-0.05, 0) is 46.9 Å². The molecular weight excluding hydrogens is 719 g/mol. The second-order valence-corrected chi connectivity index (χ2v) is 11.0. The summed E-state index contributed by atoms with van der Waals surface area (Å²) < 4.78 is 2.29. The first-order valence-corrected chi connectivity index (χ1v) is 14.6. The average Bonchev–Trinajstić information content (AvgIpc) is 3.46. The summed E-state index contributed by atoms with van der Waals surface area (Å²) in [5.74, 6) is 1.59. The fourth-order valence-electron chi connectivity index (χ4n) is 5.34. The van der Waals surface area contributed by atoms with E-state index in [1.807, 2.05) is 85.2 Å². The molecule has 0 spiro atoms. The Kier molecular flexibility index (Phi) is 9.74.